The molecule has 168 valence electrons. The second-order valence-corrected chi connectivity index (χ2v) is 9.84. The second-order valence-electron chi connectivity index (χ2n) is 8.93. The van der Waals surface area contributed by atoms with Crippen molar-refractivity contribution in [3.05, 3.63) is 28.2 Å². The highest BCUT2D eigenvalue weighted by atomic mass is 79.9. The minimum atomic E-state index is -0.315. The van der Waals surface area contributed by atoms with Crippen LogP contribution in [0.15, 0.2) is 22.7 Å². The third-order valence-electron chi connectivity index (χ3n) is 7.14. The molecule has 2 fully saturated rings. The molecule has 1 saturated heterocycles. The number of carbonyl (C=O) groups is 1. The summed E-state index contributed by atoms with van der Waals surface area (Å²) in [6, 6.07) is 5.86. The molecule has 1 saturated carbocycles. The molecule has 3 aliphatic rings. The summed E-state index contributed by atoms with van der Waals surface area (Å²) in [5.41, 5.74) is 1.59. The normalized spacial score (nSPS) is 26.3. The molecule has 2 heterocycles. The van der Waals surface area contributed by atoms with Gasteiger partial charge in [-0.2, -0.15) is 0 Å². The molecule has 0 aromatic heterocycles. The average Bonchev–Trinajstić information content (AvgIpc) is 3.10. The first-order valence-electron chi connectivity index (χ1n) is 11.6. The molecule has 4 rings (SSSR count). The zero-order chi connectivity index (χ0) is 21.6. The van der Waals surface area contributed by atoms with Crippen molar-refractivity contribution in [3.8, 4) is 5.75 Å². The summed E-state index contributed by atoms with van der Waals surface area (Å²) in [5, 5.41) is 3.45. The molecule has 1 N–H and O–H groups in total. The summed E-state index contributed by atoms with van der Waals surface area (Å²) >= 11 is 3.36. The number of nitrogens with zero attached hydrogens (tertiary/aromatic N) is 2. The molecule has 2 atom stereocenters. The van der Waals surface area contributed by atoms with Crippen molar-refractivity contribution in [1.82, 2.24) is 15.1 Å². The van der Waals surface area contributed by atoms with Crippen LogP contribution in [-0.2, 0) is 4.79 Å². The molecule has 0 radical (unpaired) electrons. The molecule has 6 heteroatoms. The molecule has 0 spiro atoms. The highest BCUT2D eigenvalue weighted by Crippen LogP contribution is 2.38. The molecule has 1 aromatic carbocycles. The number of carbonyl (C=O) groups excluding carboxylic acids is 1. The minimum Gasteiger partial charge on any atom is -0.482 e. The van der Waals surface area contributed by atoms with E-state index in [9.17, 15) is 4.79 Å². The monoisotopic (exact) mass is 479 g/mol. The second kappa shape index (κ2) is 11.1. The Morgan fingerprint density at radius 3 is 2.50 bits per heavy atom. The van der Waals surface area contributed by atoms with Gasteiger partial charge in [-0.15, -0.1) is 0 Å². The number of hydrogen-bond acceptors (Lipinski definition) is 5. The number of halogens is 1. The van der Waals surface area contributed by atoms with Crippen molar-refractivity contribution in [3.63, 3.8) is 0 Å². The quantitative estimate of drug-likeness (QED) is 0.645. The Bertz CT molecular complexity index is 680. The number of ether oxygens (including phenoxy) is 1. The summed E-state index contributed by atoms with van der Waals surface area (Å²) in [4.78, 5) is 16.0. The van der Waals surface area contributed by atoms with Gasteiger partial charge in [0.05, 0.1) is 0 Å². The van der Waals surface area contributed by atoms with Crippen LogP contribution in [0.2, 0.25) is 0 Å². The maximum atomic E-state index is 10.6. The Balaban J connectivity index is 0.000000177. The zero-order valence-corrected chi connectivity index (χ0v) is 20.4. The average molecular weight is 480 g/mol. The lowest BCUT2D eigenvalue weighted by atomic mass is 9.79. The van der Waals surface area contributed by atoms with Crippen LogP contribution in [0.5, 0.6) is 5.75 Å². The fourth-order valence-electron chi connectivity index (χ4n) is 5.24. The van der Waals surface area contributed by atoms with Gasteiger partial charge in [-0.3, -0.25) is 9.69 Å². The van der Waals surface area contributed by atoms with Crippen molar-refractivity contribution < 1.29 is 9.53 Å². The Morgan fingerprint density at radius 2 is 1.90 bits per heavy atom. The fraction of sp³-hybridized carbons (Fsp3) is 0.708. The number of fused-ring (bicyclic) bond motifs is 1. The van der Waals surface area contributed by atoms with Gasteiger partial charge in [0.25, 0.3) is 0 Å². The van der Waals surface area contributed by atoms with E-state index in [0.717, 1.165) is 22.1 Å². The van der Waals surface area contributed by atoms with Crippen molar-refractivity contribution >= 4 is 22.2 Å². The molecule has 2 unspecified atom stereocenters. The first-order chi connectivity index (χ1) is 14.5. The summed E-state index contributed by atoms with van der Waals surface area (Å²) in [7, 11) is 2.11. The molecular weight excluding hydrogens is 442 g/mol. The first-order valence-corrected chi connectivity index (χ1v) is 12.4. The molecule has 5 nitrogen and oxygen atoms in total. The number of likely N-dealkylation sites (N-methyl/N-ethyl adjacent to an activating group) is 2. The predicted molar refractivity (Wildman–Crippen MR) is 126 cm³/mol. The molecule has 0 bridgehead atoms. The Morgan fingerprint density at radius 1 is 1.20 bits per heavy atom. The lowest BCUT2D eigenvalue weighted by molar-refractivity contribution is -0.113. The predicted octanol–water partition coefficient (Wildman–Crippen LogP) is 4.06. The first kappa shape index (κ1) is 23.7. The molecule has 1 aliphatic carbocycles. The number of aldehydes is 1. The van der Waals surface area contributed by atoms with Crippen LogP contribution in [-0.4, -0.2) is 74.0 Å². The van der Waals surface area contributed by atoms with Gasteiger partial charge < -0.3 is 15.0 Å². The third-order valence-corrected chi connectivity index (χ3v) is 7.63. The van der Waals surface area contributed by atoms with Gasteiger partial charge in [-0.05, 0) is 38.6 Å². The van der Waals surface area contributed by atoms with E-state index >= 15 is 0 Å². The summed E-state index contributed by atoms with van der Waals surface area (Å²) in [5.74, 6) is 0.986. The molecule has 30 heavy (non-hydrogen) atoms. The van der Waals surface area contributed by atoms with E-state index in [-0.39, 0.29) is 12.0 Å². The van der Waals surface area contributed by atoms with E-state index in [0.29, 0.717) is 5.54 Å². The van der Waals surface area contributed by atoms with Crippen LogP contribution in [0, 0.1) is 0 Å². The van der Waals surface area contributed by atoms with Crippen LogP contribution in [0.1, 0.15) is 57.4 Å². The molecular formula is C24H38BrN3O2. The van der Waals surface area contributed by atoms with Gasteiger partial charge in [0.15, 0.2) is 12.4 Å². The Labute approximate surface area is 190 Å². The number of nitrogens with one attached hydrogen (secondary N) is 1. The largest absolute Gasteiger partial charge is 0.482 e. The van der Waals surface area contributed by atoms with E-state index in [4.69, 9.17) is 4.74 Å². The van der Waals surface area contributed by atoms with E-state index in [2.05, 4.69) is 45.0 Å². The van der Waals surface area contributed by atoms with Crippen LogP contribution in [0.25, 0.3) is 0 Å². The van der Waals surface area contributed by atoms with Crippen LogP contribution in [0.4, 0.5) is 0 Å². The van der Waals surface area contributed by atoms with Crippen molar-refractivity contribution in [2.45, 2.75) is 63.5 Å². The zero-order valence-electron chi connectivity index (χ0n) is 18.8. The van der Waals surface area contributed by atoms with E-state index in [1.165, 1.54) is 71.4 Å². The maximum absolute atomic E-state index is 10.6. The van der Waals surface area contributed by atoms with Crippen molar-refractivity contribution in [2.75, 3.05) is 46.3 Å². The number of benzene rings is 1. The molecule has 0 amide bonds. The summed E-state index contributed by atoms with van der Waals surface area (Å²) in [6.45, 7) is 11.7. The number of piperazine rings is 1. The van der Waals surface area contributed by atoms with Gasteiger partial charge in [0.1, 0.15) is 5.75 Å². The minimum absolute atomic E-state index is 0.167. The summed E-state index contributed by atoms with van der Waals surface area (Å²) < 4.78 is 6.43. The SMILES string of the molecule is CC1c2ccc(Br)cc2OC1C=O.CCN1CCN(C2(CNC)CCCCC2)CC1. The molecule has 1 aromatic rings. The van der Waals surface area contributed by atoms with E-state index in [1.54, 1.807) is 0 Å². The smallest absolute Gasteiger partial charge is 0.161 e. The van der Waals surface area contributed by atoms with Crippen LogP contribution in [0.3, 0.4) is 0 Å². The highest BCUT2D eigenvalue weighted by molar-refractivity contribution is 9.10. The highest BCUT2D eigenvalue weighted by Gasteiger charge is 2.38. The Hall–Kier alpha value is -0.950. The number of hydrogen-bond donors (Lipinski definition) is 1. The lowest BCUT2D eigenvalue weighted by Gasteiger charge is -2.50. The van der Waals surface area contributed by atoms with Gasteiger partial charge in [-0.25, -0.2) is 0 Å². The van der Waals surface area contributed by atoms with Crippen molar-refractivity contribution in [1.29, 1.82) is 0 Å². The van der Waals surface area contributed by atoms with Gasteiger partial charge in [0, 0.05) is 54.2 Å². The standard InChI is InChI=1S/C14H29N3.C10H9BrO2/c1-3-16-9-11-17(12-10-16)14(13-15-2)7-5-4-6-8-14;1-6-8-3-2-7(11)4-9(8)13-10(6)5-12/h15H,3-13H2,1-2H3;2-6,10H,1H3. The summed E-state index contributed by atoms with van der Waals surface area (Å²) in [6.07, 6.45) is 7.65. The van der Waals surface area contributed by atoms with E-state index < -0.39 is 0 Å². The van der Waals surface area contributed by atoms with E-state index in [1.807, 2.05) is 25.1 Å². The lowest BCUT2D eigenvalue weighted by Crippen LogP contribution is -2.61. The Kier molecular flexibility index (Phi) is 8.75. The topological polar surface area (TPSA) is 44.8 Å². The van der Waals surface area contributed by atoms with Gasteiger partial charge in [0.2, 0.25) is 0 Å². The van der Waals surface area contributed by atoms with Crippen LogP contribution >= 0.6 is 15.9 Å². The fourth-order valence-corrected chi connectivity index (χ4v) is 5.58. The van der Waals surface area contributed by atoms with Gasteiger partial charge >= 0.3 is 0 Å². The van der Waals surface area contributed by atoms with Crippen molar-refractivity contribution in [2.24, 2.45) is 0 Å². The molecule has 2 aliphatic heterocycles. The van der Waals surface area contributed by atoms with Crippen LogP contribution < -0.4 is 10.1 Å². The number of rotatable bonds is 5. The van der Waals surface area contributed by atoms with Gasteiger partial charge in [-0.1, -0.05) is 55.1 Å². The maximum Gasteiger partial charge on any atom is 0.161 e. The third kappa shape index (κ3) is 5.45.